The van der Waals surface area contributed by atoms with Crippen molar-refractivity contribution in [1.82, 2.24) is 0 Å². The number of methoxy groups -OCH3 is 1. The van der Waals surface area contributed by atoms with Crippen LogP contribution in [0.5, 0.6) is 0 Å². The highest BCUT2D eigenvalue weighted by atomic mass is 79.9. The van der Waals surface area contributed by atoms with Crippen molar-refractivity contribution in [3.8, 4) is 0 Å². The SMILES string of the molecule is COC(=O)c1cc(Br)ccc1[C@@H](C)N. The lowest BCUT2D eigenvalue weighted by Gasteiger charge is -2.11. The second-order valence-corrected chi connectivity index (χ2v) is 3.93. The van der Waals surface area contributed by atoms with Crippen LogP contribution < -0.4 is 5.73 Å². The van der Waals surface area contributed by atoms with Gasteiger partial charge in [-0.15, -0.1) is 0 Å². The summed E-state index contributed by atoms with van der Waals surface area (Å²) in [4.78, 5) is 11.4. The van der Waals surface area contributed by atoms with E-state index >= 15 is 0 Å². The maximum atomic E-state index is 11.4. The first-order valence-electron chi connectivity index (χ1n) is 4.19. The highest BCUT2D eigenvalue weighted by Gasteiger charge is 2.14. The van der Waals surface area contributed by atoms with Crippen molar-refractivity contribution >= 4 is 21.9 Å². The largest absolute Gasteiger partial charge is 0.465 e. The van der Waals surface area contributed by atoms with Gasteiger partial charge in [0.2, 0.25) is 0 Å². The van der Waals surface area contributed by atoms with E-state index in [1.165, 1.54) is 7.11 Å². The molecule has 1 aromatic carbocycles. The van der Waals surface area contributed by atoms with E-state index in [9.17, 15) is 4.79 Å². The Labute approximate surface area is 91.4 Å². The van der Waals surface area contributed by atoms with Crippen LogP contribution in [-0.2, 0) is 4.74 Å². The van der Waals surface area contributed by atoms with Gasteiger partial charge >= 0.3 is 5.97 Å². The van der Waals surface area contributed by atoms with Crippen LogP contribution in [0.25, 0.3) is 0 Å². The van der Waals surface area contributed by atoms with Crippen molar-refractivity contribution in [1.29, 1.82) is 0 Å². The molecule has 14 heavy (non-hydrogen) atoms. The molecule has 0 unspecified atom stereocenters. The molecule has 0 saturated heterocycles. The minimum atomic E-state index is -0.362. The van der Waals surface area contributed by atoms with Gasteiger partial charge in [-0.3, -0.25) is 0 Å². The Morgan fingerprint density at radius 2 is 2.21 bits per heavy atom. The summed E-state index contributed by atoms with van der Waals surface area (Å²) in [5, 5.41) is 0. The highest BCUT2D eigenvalue weighted by molar-refractivity contribution is 9.10. The summed E-state index contributed by atoms with van der Waals surface area (Å²) in [6.07, 6.45) is 0. The standard InChI is InChI=1S/C10H12BrNO2/c1-6(12)8-4-3-7(11)5-9(8)10(13)14-2/h3-6H,12H2,1-2H3/t6-/m1/s1. The third-order valence-electron chi connectivity index (χ3n) is 1.91. The number of esters is 1. The highest BCUT2D eigenvalue weighted by Crippen LogP contribution is 2.21. The quantitative estimate of drug-likeness (QED) is 0.828. The predicted octanol–water partition coefficient (Wildman–Crippen LogP) is 2.26. The van der Waals surface area contributed by atoms with Crippen LogP contribution >= 0.6 is 15.9 Å². The Morgan fingerprint density at radius 3 is 2.71 bits per heavy atom. The van der Waals surface area contributed by atoms with Gasteiger partial charge < -0.3 is 10.5 Å². The van der Waals surface area contributed by atoms with E-state index in [4.69, 9.17) is 5.73 Å². The van der Waals surface area contributed by atoms with Gasteiger partial charge in [-0.2, -0.15) is 0 Å². The second kappa shape index (κ2) is 4.57. The Morgan fingerprint density at radius 1 is 1.57 bits per heavy atom. The molecule has 1 rings (SSSR count). The van der Waals surface area contributed by atoms with Crippen molar-refractivity contribution in [2.75, 3.05) is 7.11 Å². The molecule has 0 heterocycles. The van der Waals surface area contributed by atoms with Crippen molar-refractivity contribution in [3.05, 3.63) is 33.8 Å². The zero-order valence-corrected chi connectivity index (χ0v) is 9.67. The molecule has 0 saturated carbocycles. The topological polar surface area (TPSA) is 52.3 Å². The van der Waals surface area contributed by atoms with Gasteiger partial charge in [0.15, 0.2) is 0 Å². The summed E-state index contributed by atoms with van der Waals surface area (Å²) in [5.41, 5.74) is 7.04. The molecule has 0 radical (unpaired) electrons. The Hall–Kier alpha value is -0.870. The normalized spacial score (nSPS) is 12.3. The number of hydrogen-bond donors (Lipinski definition) is 1. The molecule has 0 aliphatic carbocycles. The fourth-order valence-corrected chi connectivity index (χ4v) is 1.57. The maximum Gasteiger partial charge on any atom is 0.338 e. The number of carbonyl (C=O) groups is 1. The summed E-state index contributed by atoms with van der Waals surface area (Å²) in [6, 6.07) is 5.20. The number of nitrogens with two attached hydrogens (primary N) is 1. The lowest BCUT2D eigenvalue weighted by molar-refractivity contribution is 0.0599. The summed E-state index contributed by atoms with van der Waals surface area (Å²) < 4.78 is 5.50. The zero-order valence-electron chi connectivity index (χ0n) is 8.08. The summed E-state index contributed by atoms with van der Waals surface area (Å²) in [7, 11) is 1.36. The number of ether oxygens (including phenoxy) is 1. The first-order chi connectivity index (χ1) is 6.56. The molecule has 4 heteroatoms. The third-order valence-corrected chi connectivity index (χ3v) is 2.40. The molecule has 0 aromatic heterocycles. The number of benzene rings is 1. The van der Waals surface area contributed by atoms with Crippen LogP contribution in [0.4, 0.5) is 0 Å². The minimum Gasteiger partial charge on any atom is -0.465 e. The lowest BCUT2D eigenvalue weighted by Crippen LogP contribution is -2.12. The van der Waals surface area contributed by atoms with Crippen molar-refractivity contribution in [2.24, 2.45) is 5.73 Å². The van der Waals surface area contributed by atoms with Gasteiger partial charge in [-0.05, 0) is 24.6 Å². The van der Waals surface area contributed by atoms with Crippen LogP contribution in [0.15, 0.2) is 22.7 Å². The van der Waals surface area contributed by atoms with Crippen LogP contribution in [0.2, 0.25) is 0 Å². The molecule has 1 atom stereocenters. The number of hydrogen-bond acceptors (Lipinski definition) is 3. The van der Waals surface area contributed by atoms with Crippen LogP contribution in [0, 0.1) is 0 Å². The summed E-state index contributed by atoms with van der Waals surface area (Å²) in [6.45, 7) is 1.83. The molecule has 2 N–H and O–H groups in total. The molecular formula is C10H12BrNO2. The molecule has 0 amide bonds. The van der Waals surface area contributed by atoms with E-state index in [2.05, 4.69) is 20.7 Å². The average molecular weight is 258 g/mol. The van der Waals surface area contributed by atoms with E-state index in [0.29, 0.717) is 5.56 Å². The monoisotopic (exact) mass is 257 g/mol. The third kappa shape index (κ3) is 2.33. The van der Waals surface area contributed by atoms with E-state index in [-0.39, 0.29) is 12.0 Å². The number of halogens is 1. The van der Waals surface area contributed by atoms with Gasteiger partial charge in [0, 0.05) is 10.5 Å². The maximum absolute atomic E-state index is 11.4. The summed E-state index contributed by atoms with van der Waals surface area (Å²) in [5.74, 6) is -0.362. The van der Waals surface area contributed by atoms with E-state index in [1.807, 2.05) is 19.1 Å². The smallest absolute Gasteiger partial charge is 0.338 e. The Bertz CT molecular complexity index is 350. The van der Waals surface area contributed by atoms with E-state index in [0.717, 1.165) is 10.0 Å². The number of rotatable bonds is 2. The van der Waals surface area contributed by atoms with Gasteiger partial charge in [0.1, 0.15) is 0 Å². The molecule has 0 aliphatic rings. The predicted molar refractivity (Wildman–Crippen MR) is 58.1 cm³/mol. The number of carbonyl (C=O) groups excluding carboxylic acids is 1. The van der Waals surface area contributed by atoms with E-state index in [1.54, 1.807) is 6.07 Å². The Kier molecular flexibility index (Phi) is 3.66. The van der Waals surface area contributed by atoms with E-state index < -0.39 is 0 Å². The molecule has 0 spiro atoms. The van der Waals surface area contributed by atoms with Crippen LogP contribution in [0.1, 0.15) is 28.9 Å². The summed E-state index contributed by atoms with van der Waals surface area (Å²) >= 11 is 3.29. The van der Waals surface area contributed by atoms with Crippen molar-refractivity contribution < 1.29 is 9.53 Å². The van der Waals surface area contributed by atoms with Gasteiger partial charge in [0.05, 0.1) is 12.7 Å². The fourth-order valence-electron chi connectivity index (χ4n) is 1.21. The molecular weight excluding hydrogens is 246 g/mol. The molecule has 3 nitrogen and oxygen atoms in total. The minimum absolute atomic E-state index is 0.183. The molecule has 0 fully saturated rings. The zero-order chi connectivity index (χ0) is 10.7. The fraction of sp³-hybridized carbons (Fsp3) is 0.300. The molecule has 0 bridgehead atoms. The Balaban J connectivity index is 3.22. The molecule has 1 aromatic rings. The average Bonchev–Trinajstić information content (AvgIpc) is 2.16. The second-order valence-electron chi connectivity index (χ2n) is 3.01. The van der Waals surface area contributed by atoms with Gasteiger partial charge in [-0.25, -0.2) is 4.79 Å². The van der Waals surface area contributed by atoms with Gasteiger partial charge in [0.25, 0.3) is 0 Å². The first kappa shape index (κ1) is 11.2. The van der Waals surface area contributed by atoms with Crippen LogP contribution in [0.3, 0.4) is 0 Å². The van der Waals surface area contributed by atoms with Crippen molar-refractivity contribution in [2.45, 2.75) is 13.0 Å². The molecule has 0 aliphatic heterocycles. The lowest BCUT2D eigenvalue weighted by atomic mass is 10.0. The first-order valence-corrected chi connectivity index (χ1v) is 4.99. The molecule has 76 valence electrons. The van der Waals surface area contributed by atoms with Gasteiger partial charge in [-0.1, -0.05) is 22.0 Å². The van der Waals surface area contributed by atoms with Crippen molar-refractivity contribution in [3.63, 3.8) is 0 Å². The van der Waals surface area contributed by atoms with Crippen LogP contribution in [-0.4, -0.2) is 13.1 Å².